The number of nitrogens with zero attached hydrogens (tertiary/aromatic N) is 1. The monoisotopic (exact) mass is 318 g/mol. The average Bonchev–Trinajstić information content (AvgIpc) is 2.88. The molecule has 0 aliphatic rings. The van der Waals surface area contributed by atoms with Crippen molar-refractivity contribution in [2.45, 2.75) is 26.3 Å². The van der Waals surface area contributed by atoms with E-state index in [1.54, 1.807) is 12.1 Å². The fourth-order valence-corrected chi connectivity index (χ4v) is 3.35. The molecule has 0 spiro atoms. The molecule has 4 nitrogen and oxygen atoms in total. The van der Waals surface area contributed by atoms with Gasteiger partial charge >= 0.3 is 5.69 Å². The van der Waals surface area contributed by atoms with Gasteiger partial charge in [0.2, 0.25) is 0 Å². The van der Waals surface area contributed by atoms with Crippen LogP contribution in [0.4, 0.5) is 4.39 Å². The predicted octanol–water partition coefficient (Wildman–Crippen LogP) is 3.06. The number of halogens is 1. The number of thiophene rings is 1. The molecule has 0 bridgehead atoms. The van der Waals surface area contributed by atoms with E-state index in [4.69, 9.17) is 0 Å². The molecule has 1 N–H and O–H groups in total. The highest BCUT2D eigenvalue weighted by atomic mass is 32.1. The summed E-state index contributed by atoms with van der Waals surface area (Å²) in [6.45, 7) is 4.12. The summed E-state index contributed by atoms with van der Waals surface area (Å²) in [5, 5.41) is 0.504. The fourth-order valence-electron chi connectivity index (χ4n) is 2.31. The van der Waals surface area contributed by atoms with E-state index < -0.39 is 5.69 Å². The van der Waals surface area contributed by atoms with Crippen molar-refractivity contribution in [3.8, 4) is 0 Å². The van der Waals surface area contributed by atoms with Gasteiger partial charge in [0.15, 0.2) is 0 Å². The first-order valence-corrected chi connectivity index (χ1v) is 7.78. The summed E-state index contributed by atoms with van der Waals surface area (Å²) in [4.78, 5) is 29.1. The zero-order valence-corrected chi connectivity index (χ0v) is 13.0. The first-order valence-electron chi connectivity index (χ1n) is 6.96. The first kappa shape index (κ1) is 14.7. The summed E-state index contributed by atoms with van der Waals surface area (Å²) >= 11 is 1.42. The van der Waals surface area contributed by atoms with Crippen molar-refractivity contribution < 1.29 is 4.39 Å². The minimum atomic E-state index is -0.473. The Balaban J connectivity index is 2.14. The van der Waals surface area contributed by atoms with Crippen LogP contribution in [-0.2, 0) is 6.54 Å². The van der Waals surface area contributed by atoms with Crippen molar-refractivity contribution in [2.24, 2.45) is 0 Å². The summed E-state index contributed by atoms with van der Waals surface area (Å²) in [5.41, 5.74) is -0.239. The van der Waals surface area contributed by atoms with Gasteiger partial charge in [0.1, 0.15) is 10.6 Å². The highest BCUT2D eigenvalue weighted by molar-refractivity contribution is 7.18. The van der Waals surface area contributed by atoms with Crippen LogP contribution < -0.4 is 11.2 Å². The Bertz CT molecular complexity index is 953. The molecule has 2 heterocycles. The SMILES string of the molecule is CC(C)c1cc2c(=O)n(Cc3cccc(F)c3)c(=O)[nH]c2s1. The molecule has 22 heavy (non-hydrogen) atoms. The average molecular weight is 318 g/mol. The van der Waals surface area contributed by atoms with Gasteiger partial charge in [-0.05, 0) is 29.7 Å². The number of aromatic nitrogens is 2. The number of hydrogen-bond donors (Lipinski definition) is 1. The third kappa shape index (κ3) is 2.62. The van der Waals surface area contributed by atoms with E-state index in [0.29, 0.717) is 15.8 Å². The topological polar surface area (TPSA) is 54.9 Å². The molecule has 3 rings (SSSR count). The number of hydrogen-bond acceptors (Lipinski definition) is 3. The molecule has 0 atom stereocenters. The summed E-state index contributed by atoms with van der Waals surface area (Å²) in [6.07, 6.45) is 0. The Morgan fingerprint density at radius 1 is 1.27 bits per heavy atom. The maximum absolute atomic E-state index is 13.2. The molecule has 2 aromatic heterocycles. The lowest BCUT2D eigenvalue weighted by atomic mass is 10.2. The zero-order valence-electron chi connectivity index (χ0n) is 12.2. The number of rotatable bonds is 3. The van der Waals surface area contributed by atoms with Gasteiger partial charge in [0.25, 0.3) is 5.56 Å². The standard InChI is InChI=1S/C16H15FN2O2S/c1-9(2)13-7-12-14(22-13)18-16(21)19(15(12)20)8-10-4-3-5-11(17)6-10/h3-7,9H,8H2,1-2H3,(H,18,21). The number of fused-ring (bicyclic) bond motifs is 1. The van der Waals surface area contributed by atoms with E-state index in [-0.39, 0.29) is 23.8 Å². The molecular weight excluding hydrogens is 303 g/mol. The maximum Gasteiger partial charge on any atom is 0.329 e. The Morgan fingerprint density at radius 2 is 2.05 bits per heavy atom. The van der Waals surface area contributed by atoms with Gasteiger partial charge in [-0.3, -0.25) is 14.3 Å². The second-order valence-electron chi connectivity index (χ2n) is 5.50. The van der Waals surface area contributed by atoms with Crippen LogP contribution in [0.1, 0.15) is 30.2 Å². The quantitative estimate of drug-likeness (QED) is 0.807. The van der Waals surface area contributed by atoms with Crippen LogP contribution in [0.2, 0.25) is 0 Å². The lowest BCUT2D eigenvalue weighted by Gasteiger charge is -2.05. The van der Waals surface area contributed by atoms with Crippen LogP contribution >= 0.6 is 11.3 Å². The van der Waals surface area contributed by atoms with Gasteiger partial charge in [-0.15, -0.1) is 11.3 Å². The third-order valence-corrected chi connectivity index (χ3v) is 4.84. The molecule has 0 saturated heterocycles. The van der Waals surface area contributed by atoms with E-state index in [1.165, 1.54) is 23.5 Å². The Kier molecular flexibility index (Phi) is 3.70. The van der Waals surface area contributed by atoms with Gasteiger partial charge in [-0.1, -0.05) is 26.0 Å². The predicted molar refractivity (Wildman–Crippen MR) is 86.3 cm³/mol. The fraction of sp³-hybridized carbons (Fsp3) is 0.250. The van der Waals surface area contributed by atoms with E-state index in [0.717, 1.165) is 9.44 Å². The molecule has 3 aromatic rings. The molecule has 1 aromatic carbocycles. The van der Waals surface area contributed by atoms with Crippen molar-refractivity contribution in [1.29, 1.82) is 0 Å². The van der Waals surface area contributed by atoms with Gasteiger partial charge in [-0.25, -0.2) is 9.18 Å². The minimum Gasteiger partial charge on any atom is -0.298 e. The Hall–Kier alpha value is -2.21. The molecule has 6 heteroatoms. The number of benzene rings is 1. The Morgan fingerprint density at radius 3 is 2.73 bits per heavy atom. The van der Waals surface area contributed by atoms with Crippen molar-refractivity contribution in [2.75, 3.05) is 0 Å². The van der Waals surface area contributed by atoms with E-state index >= 15 is 0 Å². The molecular formula is C16H15FN2O2S. The number of aromatic amines is 1. The molecule has 0 fully saturated rings. The number of H-pyrrole nitrogens is 1. The van der Waals surface area contributed by atoms with Crippen LogP contribution in [0.5, 0.6) is 0 Å². The van der Waals surface area contributed by atoms with Gasteiger partial charge in [0, 0.05) is 4.88 Å². The van der Waals surface area contributed by atoms with Crippen LogP contribution in [0.3, 0.4) is 0 Å². The summed E-state index contributed by atoms with van der Waals surface area (Å²) in [6, 6.07) is 7.72. The second kappa shape index (κ2) is 5.53. The van der Waals surface area contributed by atoms with Crippen LogP contribution in [0.25, 0.3) is 10.2 Å². The van der Waals surface area contributed by atoms with Crippen LogP contribution in [0.15, 0.2) is 39.9 Å². The van der Waals surface area contributed by atoms with Crippen molar-refractivity contribution in [3.05, 3.63) is 67.4 Å². The minimum absolute atomic E-state index is 0.0503. The van der Waals surface area contributed by atoms with Gasteiger partial charge in [0.05, 0.1) is 11.9 Å². The van der Waals surface area contributed by atoms with Crippen LogP contribution in [-0.4, -0.2) is 9.55 Å². The van der Waals surface area contributed by atoms with Crippen molar-refractivity contribution >= 4 is 21.6 Å². The highest BCUT2D eigenvalue weighted by Gasteiger charge is 2.13. The molecule has 0 unspecified atom stereocenters. The molecule has 0 radical (unpaired) electrons. The smallest absolute Gasteiger partial charge is 0.298 e. The van der Waals surface area contributed by atoms with E-state index in [2.05, 4.69) is 4.98 Å². The van der Waals surface area contributed by atoms with Crippen molar-refractivity contribution in [1.82, 2.24) is 9.55 Å². The highest BCUT2D eigenvalue weighted by Crippen LogP contribution is 2.26. The molecule has 114 valence electrons. The molecule has 0 saturated carbocycles. The largest absolute Gasteiger partial charge is 0.329 e. The van der Waals surface area contributed by atoms with E-state index in [1.807, 2.05) is 19.9 Å². The van der Waals surface area contributed by atoms with Crippen LogP contribution in [0, 0.1) is 5.82 Å². The third-order valence-electron chi connectivity index (χ3n) is 3.49. The molecule has 0 amide bonds. The van der Waals surface area contributed by atoms with Crippen molar-refractivity contribution in [3.63, 3.8) is 0 Å². The normalized spacial score (nSPS) is 11.5. The number of nitrogens with one attached hydrogen (secondary N) is 1. The first-order chi connectivity index (χ1) is 10.5. The maximum atomic E-state index is 13.2. The summed E-state index contributed by atoms with van der Waals surface area (Å²) in [5.74, 6) is -0.0994. The zero-order chi connectivity index (χ0) is 15.9. The Labute approximate surface area is 129 Å². The van der Waals surface area contributed by atoms with E-state index in [9.17, 15) is 14.0 Å². The molecule has 0 aliphatic heterocycles. The van der Waals surface area contributed by atoms with Gasteiger partial charge in [-0.2, -0.15) is 0 Å². The second-order valence-corrected chi connectivity index (χ2v) is 6.58. The lowest BCUT2D eigenvalue weighted by Crippen LogP contribution is -2.34. The summed E-state index contributed by atoms with van der Waals surface area (Å²) < 4.78 is 14.3. The molecule has 0 aliphatic carbocycles. The summed E-state index contributed by atoms with van der Waals surface area (Å²) in [7, 11) is 0. The van der Waals surface area contributed by atoms with Gasteiger partial charge < -0.3 is 0 Å². The lowest BCUT2D eigenvalue weighted by molar-refractivity contribution is 0.621.